The molecule has 3 heteroatoms. The van der Waals surface area contributed by atoms with Gasteiger partial charge in [0.25, 0.3) is 0 Å². The highest BCUT2D eigenvalue weighted by atomic mass is 16.5. The van der Waals surface area contributed by atoms with Crippen LogP contribution in [0.5, 0.6) is 0 Å². The van der Waals surface area contributed by atoms with Crippen LogP contribution in [0, 0.1) is 11.3 Å². The van der Waals surface area contributed by atoms with E-state index in [0.717, 1.165) is 24.8 Å². The second-order valence-electron chi connectivity index (χ2n) is 6.22. The summed E-state index contributed by atoms with van der Waals surface area (Å²) in [6.07, 6.45) is 2.47. The molecule has 1 aliphatic rings. The molecule has 1 fully saturated rings. The molecule has 0 spiro atoms. The molecule has 1 saturated heterocycles. The summed E-state index contributed by atoms with van der Waals surface area (Å²) in [4.78, 5) is 12.9. The zero-order valence-electron chi connectivity index (χ0n) is 12.5. The zero-order valence-corrected chi connectivity index (χ0v) is 12.5. The first-order chi connectivity index (χ1) is 9.57. The van der Waals surface area contributed by atoms with Crippen molar-refractivity contribution >= 4 is 5.78 Å². The molecule has 2 rings (SSSR count). The summed E-state index contributed by atoms with van der Waals surface area (Å²) in [5.41, 5.74) is 7.53. The molecule has 2 N–H and O–H groups in total. The number of hydrogen-bond donors (Lipinski definition) is 1. The van der Waals surface area contributed by atoms with E-state index < -0.39 is 5.41 Å². The summed E-state index contributed by atoms with van der Waals surface area (Å²) in [6, 6.07) is 8.03. The van der Waals surface area contributed by atoms with Gasteiger partial charge in [-0.1, -0.05) is 32.0 Å². The fraction of sp³-hybridized carbons (Fsp3) is 0.588. The van der Waals surface area contributed by atoms with Crippen LogP contribution in [0.15, 0.2) is 24.3 Å². The first kappa shape index (κ1) is 15.2. The third kappa shape index (κ3) is 3.28. The van der Waals surface area contributed by atoms with Gasteiger partial charge in [0.15, 0.2) is 5.78 Å². The van der Waals surface area contributed by atoms with E-state index in [1.165, 1.54) is 5.56 Å². The SMILES string of the molecule is CC(C)Cc1cccc(C(=O)C2(CN)CCOCC2)c1. The van der Waals surface area contributed by atoms with Crippen LogP contribution in [0.25, 0.3) is 0 Å². The number of carbonyl (C=O) groups excluding carboxylic acids is 1. The average molecular weight is 275 g/mol. The highest BCUT2D eigenvalue weighted by molar-refractivity contribution is 6.01. The van der Waals surface area contributed by atoms with Gasteiger partial charge in [-0.3, -0.25) is 4.79 Å². The van der Waals surface area contributed by atoms with Crippen molar-refractivity contribution in [2.45, 2.75) is 33.1 Å². The smallest absolute Gasteiger partial charge is 0.170 e. The van der Waals surface area contributed by atoms with E-state index in [1.54, 1.807) is 0 Å². The molecule has 0 amide bonds. The minimum atomic E-state index is -0.422. The maximum Gasteiger partial charge on any atom is 0.170 e. The number of carbonyl (C=O) groups is 1. The lowest BCUT2D eigenvalue weighted by molar-refractivity contribution is 0.0200. The van der Waals surface area contributed by atoms with E-state index in [-0.39, 0.29) is 5.78 Å². The molecule has 1 aromatic carbocycles. The number of benzene rings is 1. The van der Waals surface area contributed by atoms with Crippen LogP contribution in [0.3, 0.4) is 0 Å². The van der Waals surface area contributed by atoms with Crippen LogP contribution in [0.2, 0.25) is 0 Å². The van der Waals surface area contributed by atoms with Gasteiger partial charge in [-0.05, 0) is 36.8 Å². The van der Waals surface area contributed by atoms with Crippen LogP contribution in [-0.2, 0) is 11.2 Å². The van der Waals surface area contributed by atoms with E-state index in [2.05, 4.69) is 19.9 Å². The highest BCUT2D eigenvalue weighted by Crippen LogP contribution is 2.33. The van der Waals surface area contributed by atoms with Gasteiger partial charge in [-0.15, -0.1) is 0 Å². The van der Waals surface area contributed by atoms with Crippen LogP contribution < -0.4 is 5.73 Å². The Hall–Kier alpha value is -1.19. The Morgan fingerprint density at radius 3 is 2.65 bits per heavy atom. The Bertz CT molecular complexity index is 462. The third-order valence-corrected chi connectivity index (χ3v) is 4.16. The average Bonchev–Trinajstić information content (AvgIpc) is 2.47. The monoisotopic (exact) mass is 275 g/mol. The van der Waals surface area contributed by atoms with Crippen LogP contribution in [-0.4, -0.2) is 25.5 Å². The molecule has 0 aromatic heterocycles. The Kier molecular flexibility index (Phi) is 4.95. The minimum Gasteiger partial charge on any atom is -0.381 e. The minimum absolute atomic E-state index is 0.189. The van der Waals surface area contributed by atoms with Crippen LogP contribution in [0.1, 0.15) is 42.6 Å². The fourth-order valence-electron chi connectivity index (χ4n) is 2.90. The van der Waals surface area contributed by atoms with Crippen LogP contribution in [0.4, 0.5) is 0 Å². The van der Waals surface area contributed by atoms with Crippen molar-refractivity contribution < 1.29 is 9.53 Å². The first-order valence-corrected chi connectivity index (χ1v) is 7.49. The molecular formula is C17H25NO2. The number of ether oxygens (including phenoxy) is 1. The van der Waals surface area contributed by atoms with Gasteiger partial charge in [0.05, 0.1) is 5.41 Å². The third-order valence-electron chi connectivity index (χ3n) is 4.16. The molecule has 0 unspecified atom stereocenters. The summed E-state index contributed by atoms with van der Waals surface area (Å²) >= 11 is 0. The normalized spacial score (nSPS) is 18.2. The van der Waals surface area contributed by atoms with Crippen molar-refractivity contribution in [2.75, 3.05) is 19.8 Å². The van der Waals surface area contributed by atoms with Gasteiger partial charge in [-0.2, -0.15) is 0 Å². The lowest BCUT2D eigenvalue weighted by Gasteiger charge is -2.34. The lowest BCUT2D eigenvalue weighted by Crippen LogP contribution is -2.43. The Morgan fingerprint density at radius 2 is 2.05 bits per heavy atom. The maximum absolute atomic E-state index is 12.9. The van der Waals surface area contributed by atoms with E-state index >= 15 is 0 Å². The molecular weight excluding hydrogens is 250 g/mol. The van der Waals surface area contributed by atoms with Gasteiger partial charge >= 0.3 is 0 Å². The summed E-state index contributed by atoms with van der Waals surface area (Å²) in [5, 5.41) is 0. The number of hydrogen-bond acceptors (Lipinski definition) is 3. The Morgan fingerprint density at radius 1 is 1.35 bits per heavy atom. The molecule has 20 heavy (non-hydrogen) atoms. The van der Waals surface area contributed by atoms with Crippen molar-refractivity contribution in [3.63, 3.8) is 0 Å². The quantitative estimate of drug-likeness (QED) is 0.841. The van der Waals surface area contributed by atoms with Crippen molar-refractivity contribution in [3.05, 3.63) is 35.4 Å². The molecule has 0 atom stereocenters. The van der Waals surface area contributed by atoms with E-state index in [9.17, 15) is 4.79 Å². The van der Waals surface area contributed by atoms with Gasteiger partial charge in [0.2, 0.25) is 0 Å². The second-order valence-corrected chi connectivity index (χ2v) is 6.22. The Labute approximate surface area is 121 Å². The highest BCUT2D eigenvalue weighted by Gasteiger charge is 2.39. The molecule has 0 saturated carbocycles. The second kappa shape index (κ2) is 6.51. The molecule has 1 heterocycles. The molecule has 0 aliphatic carbocycles. The molecule has 3 nitrogen and oxygen atoms in total. The fourth-order valence-corrected chi connectivity index (χ4v) is 2.90. The van der Waals surface area contributed by atoms with Gasteiger partial charge in [0.1, 0.15) is 0 Å². The molecule has 0 bridgehead atoms. The summed E-state index contributed by atoms with van der Waals surface area (Å²) in [6.45, 7) is 6.05. The van der Waals surface area contributed by atoms with E-state index in [0.29, 0.717) is 25.7 Å². The molecule has 1 aliphatic heterocycles. The standard InChI is InChI=1S/C17H25NO2/c1-13(2)10-14-4-3-5-15(11-14)16(19)17(12-18)6-8-20-9-7-17/h3-5,11,13H,6-10,12,18H2,1-2H3. The number of ketones is 1. The number of nitrogens with two attached hydrogens (primary N) is 1. The maximum atomic E-state index is 12.9. The lowest BCUT2D eigenvalue weighted by atomic mass is 9.74. The van der Waals surface area contributed by atoms with E-state index in [1.807, 2.05) is 18.2 Å². The number of rotatable bonds is 5. The van der Waals surface area contributed by atoms with Gasteiger partial charge < -0.3 is 10.5 Å². The largest absolute Gasteiger partial charge is 0.381 e. The number of Topliss-reactive ketones (excluding diaryl/α,β-unsaturated/α-hetero) is 1. The molecule has 1 aromatic rings. The van der Waals surface area contributed by atoms with Crippen molar-refractivity contribution in [1.82, 2.24) is 0 Å². The first-order valence-electron chi connectivity index (χ1n) is 7.49. The predicted octanol–water partition coefficient (Wildman–Crippen LogP) is 2.82. The molecule has 0 radical (unpaired) electrons. The Balaban J connectivity index is 2.23. The van der Waals surface area contributed by atoms with E-state index in [4.69, 9.17) is 10.5 Å². The predicted molar refractivity (Wildman–Crippen MR) is 80.9 cm³/mol. The summed E-state index contributed by atoms with van der Waals surface area (Å²) < 4.78 is 5.38. The van der Waals surface area contributed by atoms with Crippen molar-refractivity contribution in [2.24, 2.45) is 17.1 Å². The summed E-state index contributed by atoms with van der Waals surface area (Å²) in [5.74, 6) is 0.779. The van der Waals surface area contributed by atoms with Gasteiger partial charge in [0, 0.05) is 25.3 Å². The summed E-state index contributed by atoms with van der Waals surface area (Å²) in [7, 11) is 0. The van der Waals surface area contributed by atoms with Gasteiger partial charge in [-0.25, -0.2) is 0 Å². The van der Waals surface area contributed by atoms with Crippen LogP contribution >= 0.6 is 0 Å². The topological polar surface area (TPSA) is 52.3 Å². The zero-order chi connectivity index (χ0) is 14.6. The van der Waals surface area contributed by atoms with Crippen molar-refractivity contribution in [1.29, 1.82) is 0 Å². The molecule has 110 valence electrons. The van der Waals surface area contributed by atoms with Crippen molar-refractivity contribution in [3.8, 4) is 0 Å².